The van der Waals surface area contributed by atoms with Gasteiger partial charge in [0.1, 0.15) is 0 Å². The maximum absolute atomic E-state index is 12.4. The molecule has 0 bridgehead atoms. The lowest BCUT2D eigenvalue weighted by Crippen LogP contribution is -2.34. The molecule has 5 nitrogen and oxygen atoms in total. The van der Waals surface area contributed by atoms with Gasteiger partial charge in [0.05, 0.1) is 6.26 Å². The zero-order valence-corrected chi connectivity index (χ0v) is 16.4. The second kappa shape index (κ2) is 8.96. The van der Waals surface area contributed by atoms with Crippen LogP contribution >= 0.6 is 0 Å². The Kier molecular flexibility index (Phi) is 6.94. The van der Waals surface area contributed by atoms with Crippen LogP contribution in [-0.2, 0) is 27.9 Å². The lowest BCUT2D eigenvalue weighted by molar-refractivity contribution is -0.130. The first-order valence-corrected chi connectivity index (χ1v) is 10.4. The van der Waals surface area contributed by atoms with E-state index in [9.17, 15) is 13.2 Å². The second-order valence-corrected chi connectivity index (χ2v) is 8.55. The summed E-state index contributed by atoms with van der Waals surface area (Å²) >= 11 is 0. The van der Waals surface area contributed by atoms with Gasteiger partial charge in [-0.05, 0) is 18.1 Å². The van der Waals surface area contributed by atoms with E-state index < -0.39 is 10.0 Å². The fourth-order valence-electron chi connectivity index (χ4n) is 2.62. The Labute approximate surface area is 156 Å². The van der Waals surface area contributed by atoms with Crippen molar-refractivity contribution in [3.05, 3.63) is 71.3 Å². The van der Waals surface area contributed by atoms with Crippen LogP contribution in [0.5, 0.6) is 0 Å². The van der Waals surface area contributed by atoms with E-state index in [0.717, 1.165) is 16.7 Å². The van der Waals surface area contributed by atoms with Gasteiger partial charge in [-0.15, -0.1) is 0 Å². The molecule has 0 atom stereocenters. The fraction of sp³-hybridized carbons (Fsp3) is 0.350. The maximum atomic E-state index is 12.4. The molecule has 0 aliphatic heterocycles. The lowest BCUT2D eigenvalue weighted by atomic mass is 10.1. The average molecular weight is 375 g/mol. The molecule has 0 aliphatic rings. The topological polar surface area (TPSA) is 57.7 Å². The van der Waals surface area contributed by atoms with E-state index in [1.165, 1.54) is 10.6 Å². The van der Waals surface area contributed by atoms with Gasteiger partial charge in [0.2, 0.25) is 15.9 Å². The third kappa shape index (κ3) is 6.28. The molecule has 0 N–H and O–H groups in total. The molecular weight excluding hydrogens is 348 g/mol. The Morgan fingerprint density at radius 1 is 0.923 bits per heavy atom. The predicted octanol–water partition coefficient (Wildman–Crippen LogP) is 2.81. The van der Waals surface area contributed by atoms with Crippen molar-refractivity contribution in [2.24, 2.45) is 0 Å². The number of carbonyl (C=O) groups is 1. The Morgan fingerprint density at radius 3 is 2.08 bits per heavy atom. The second-order valence-electron chi connectivity index (χ2n) is 6.57. The normalized spacial score (nSPS) is 11.5. The van der Waals surface area contributed by atoms with Crippen LogP contribution in [0.25, 0.3) is 0 Å². The molecule has 0 saturated carbocycles. The number of carbonyl (C=O) groups excluding carboxylic acids is 1. The molecule has 2 aromatic carbocycles. The molecule has 0 fully saturated rings. The van der Waals surface area contributed by atoms with Crippen molar-refractivity contribution in [3.8, 4) is 0 Å². The van der Waals surface area contributed by atoms with E-state index in [1.54, 1.807) is 11.9 Å². The third-order valence-corrected chi connectivity index (χ3v) is 5.46. The molecule has 0 radical (unpaired) electrons. The summed E-state index contributed by atoms with van der Waals surface area (Å²) in [5.74, 6) is -0.0774. The molecule has 2 aromatic rings. The summed E-state index contributed by atoms with van der Waals surface area (Å²) in [6.07, 6.45) is 1.33. The third-order valence-electron chi connectivity index (χ3n) is 4.21. The smallest absolute Gasteiger partial charge is 0.223 e. The fourth-order valence-corrected chi connectivity index (χ4v) is 3.42. The minimum Gasteiger partial charge on any atom is -0.341 e. The van der Waals surface area contributed by atoms with Gasteiger partial charge in [0.15, 0.2) is 0 Å². The zero-order chi connectivity index (χ0) is 19.2. The molecule has 140 valence electrons. The number of amides is 1. The summed E-state index contributed by atoms with van der Waals surface area (Å²) in [6, 6.07) is 17.5. The van der Waals surface area contributed by atoms with Gasteiger partial charge in [0.25, 0.3) is 0 Å². The molecule has 0 saturated heterocycles. The van der Waals surface area contributed by atoms with Gasteiger partial charge in [-0.2, -0.15) is 4.31 Å². The van der Waals surface area contributed by atoms with E-state index in [4.69, 9.17) is 0 Å². The number of sulfonamides is 1. The standard InChI is InChI=1S/C20H26N2O3S/c1-17-9-11-19(12-10-17)16-22(26(3,24)25)14-13-20(23)21(2)15-18-7-5-4-6-8-18/h4-12H,13-16H2,1-3H3. The van der Waals surface area contributed by atoms with Crippen molar-refractivity contribution in [1.29, 1.82) is 0 Å². The summed E-state index contributed by atoms with van der Waals surface area (Å²) < 4.78 is 25.5. The lowest BCUT2D eigenvalue weighted by Gasteiger charge is -2.22. The Bertz CT molecular complexity index is 818. The van der Waals surface area contributed by atoms with E-state index in [2.05, 4.69) is 0 Å². The first kappa shape index (κ1) is 20.1. The van der Waals surface area contributed by atoms with Gasteiger partial charge < -0.3 is 4.90 Å². The number of rotatable bonds is 8. The van der Waals surface area contributed by atoms with Crippen LogP contribution in [0.3, 0.4) is 0 Å². The highest BCUT2D eigenvalue weighted by Gasteiger charge is 2.19. The molecule has 0 aromatic heterocycles. The van der Waals surface area contributed by atoms with Crippen LogP contribution in [0.2, 0.25) is 0 Å². The highest BCUT2D eigenvalue weighted by Crippen LogP contribution is 2.12. The molecular formula is C20H26N2O3S. The first-order chi connectivity index (χ1) is 12.3. The van der Waals surface area contributed by atoms with Crippen LogP contribution in [-0.4, -0.2) is 43.4 Å². The first-order valence-electron chi connectivity index (χ1n) is 8.54. The van der Waals surface area contributed by atoms with Crippen LogP contribution in [0, 0.1) is 6.92 Å². The summed E-state index contributed by atoms with van der Waals surface area (Å²) in [7, 11) is -1.65. The molecule has 2 rings (SSSR count). The van der Waals surface area contributed by atoms with Crippen molar-refractivity contribution in [2.75, 3.05) is 19.8 Å². The Balaban J connectivity index is 1.95. The quantitative estimate of drug-likeness (QED) is 0.714. The molecule has 1 amide bonds. The van der Waals surface area contributed by atoms with Crippen molar-refractivity contribution >= 4 is 15.9 Å². The van der Waals surface area contributed by atoms with Gasteiger partial charge in [0, 0.05) is 33.1 Å². The van der Waals surface area contributed by atoms with E-state index >= 15 is 0 Å². The van der Waals surface area contributed by atoms with Crippen molar-refractivity contribution in [2.45, 2.75) is 26.4 Å². The molecule has 0 aliphatic carbocycles. The van der Waals surface area contributed by atoms with Crippen molar-refractivity contribution in [3.63, 3.8) is 0 Å². The SMILES string of the molecule is Cc1ccc(CN(CCC(=O)N(C)Cc2ccccc2)S(C)(=O)=O)cc1. The number of nitrogens with zero attached hydrogens (tertiary/aromatic N) is 2. The average Bonchev–Trinajstić information content (AvgIpc) is 2.59. The largest absolute Gasteiger partial charge is 0.341 e. The maximum Gasteiger partial charge on any atom is 0.223 e. The number of benzene rings is 2. The molecule has 0 unspecified atom stereocenters. The monoisotopic (exact) mass is 374 g/mol. The molecule has 0 heterocycles. The predicted molar refractivity (Wildman–Crippen MR) is 104 cm³/mol. The van der Waals surface area contributed by atoms with Gasteiger partial charge in [-0.1, -0.05) is 60.2 Å². The van der Waals surface area contributed by atoms with Gasteiger partial charge >= 0.3 is 0 Å². The Morgan fingerprint density at radius 2 is 1.50 bits per heavy atom. The number of hydrogen-bond acceptors (Lipinski definition) is 3. The summed E-state index contributed by atoms with van der Waals surface area (Å²) in [6.45, 7) is 2.94. The van der Waals surface area contributed by atoms with Crippen LogP contribution < -0.4 is 0 Å². The summed E-state index contributed by atoms with van der Waals surface area (Å²) in [5, 5.41) is 0. The molecule has 0 spiro atoms. The number of aryl methyl sites for hydroxylation is 1. The highest BCUT2D eigenvalue weighted by atomic mass is 32.2. The molecule has 6 heteroatoms. The van der Waals surface area contributed by atoms with Gasteiger partial charge in [-0.3, -0.25) is 4.79 Å². The van der Waals surface area contributed by atoms with E-state index in [1.807, 2.05) is 61.5 Å². The minimum absolute atomic E-state index is 0.0774. The van der Waals surface area contributed by atoms with Crippen LogP contribution in [0.4, 0.5) is 0 Å². The Hall–Kier alpha value is -2.18. The van der Waals surface area contributed by atoms with E-state index in [0.29, 0.717) is 6.54 Å². The number of hydrogen-bond donors (Lipinski definition) is 0. The van der Waals surface area contributed by atoms with Crippen molar-refractivity contribution in [1.82, 2.24) is 9.21 Å². The van der Waals surface area contributed by atoms with Gasteiger partial charge in [-0.25, -0.2) is 8.42 Å². The van der Waals surface area contributed by atoms with Crippen molar-refractivity contribution < 1.29 is 13.2 Å². The van der Waals surface area contributed by atoms with Crippen LogP contribution in [0.15, 0.2) is 54.6 Å². The van der Waals surface area contributed by atoms with E-state index in [-0.39, 0.29) is 25.4 Å². The highest BCUT2D eigenvalue weighted by molar-refractivity contribution is 7.88. The minimum atomic E-state index is -3.39. The van der Waals surface area contributed by atoms with Crippen LogP contribution in [0.1, 0.15) is 23.1 Å². The molecule has 26 heavy (non-hydrogen) atoms. The zero-order valence-electron chi connectivity index (χ0n) is 15.6. The summed E-state index contributed by atoms with van der Waals surface area (Å²) in [4.78, 5) is 14.0. The summed E-state index contributed by atoms with van der Waals surface area (Å²) in [5.41, 5.74) is 3.08.